The molecule has 44 heavy (non-hydrogen) atoms. The van der Waals surface area contributed by atoms with E-state index in [4.69, 9.17) is 0 Å². The molecular weight excluding hydrogens is 578 g/mol. The van der Waals surface area contributed by atoms with Gasteiger partial charge in [-0.2, -0.15) is 4.68 Å². The monoisotopic (exact) mass is 615 g/mol. The Labute approximate surface area is 257 Å². The molecule has 5 rings (SSSR count). The van der Waals surface area contributed by atoms with Crippen molar-refractivity contribution in [3.63, 3.8) is 0 Å². The second kappa shape index (κ2) is 12.9. The lowest BCUT2D eigenvalue weighted by Gasteiger charge is -2.19. The van der Waals surface area contributed by atoms with Crippen LogP contribution in [0.5, 0.6) is 0 Å². The van der Waals surface area contributed by atoms with Crippen LogP contribution in [0.4, 0.5) is 10.5 Å². The highest BCUT2D eigenvalue weighted by molar-refractivity contribution is 7.92. The molecule has 5 aromatic rings. The highest BCUT2D eigenvalue weighted by Crippen LogP contribution is 2.33. The zero-order valence-corrected chi connectivity index (χ0v) is 26.1. The molecule has 230 valence electrons. The number of carbonyl (C=O) groups is 1. The number of aryl methyl sites for hydroxylation is 4. The molecule has 0 saturated heterocycles. The Morgan fingerprint density at radius 1 is 0.955 bits per heavy atom. The third-order valence-corrected chi connectivity index (χ3v) is 8.18. The number of nitrogens with zero attached hydrogens (tertiary/aromatic N) is 5. The molecule has 2 heterocycles. The minimum absolute atomic E-state index is 0.347. The van der Waals surface area contributed by atoms with E-state index in [1.54, 1.807) is 16.8 Å². The number of H-pyrrole nitrogens is 1. The predicted octanol–water partition coefficient (Wildman–Crippen LogP) is 5.65. The molecule has 0 aliphatic carbocycles. The maximum atomic E-state index is 12.3. The molecule has 0 aliphatic heterocycles. The third kappa shape index (κ3) is 7.43. The van der Waals surface area contributed by atoms with Gasteiger partial charge in [0, 0.05) is 35.4 Å². The maximum Gasteiger partial charge on any atom is 0.407 e. The smallest absolute Gasteiger partial charge is 0.407 e. The van der Waals surface area contributed by atoms with Gasteiger partial charge in [-0.25, -0.2) is 13.2 Å². The zero-order chi connectivity index (χ0) is 31.4. The molecule has 0 aliphatic rings. The lowest BCUT2D eigenvalue weighted by atomic mass is 9.99. The molecule has 1 amide bonds. The number of hydrogen-bond donors (Lipinski definition) is 3. The first-order valence-electron chi connectivity index (χ1n) is 14.5. The standard InChI is InChI=1S/C32H37N7O4S/c1-21-17-22(2)19-25(18-21)31-28(29-20-27(12-13-30(29)33-31)39-23(3)34-36-37-39)14-16-38(32(40)41)15-6-5-7-24-8-10-26(11-9-24)35-44(4,42)43/h8-13,17-20,33,35H,5-7,14-16H2,1-4H3,(H,40,41). The average molecular weight is 616 g/mol. The van der Waals surface area contributed by atoms with E-state index in [0.29, 0.717) is 37.4 Å². The van der Waals surface area contributed by atoms with Crippen LogP contribution in [0.3, 0.4) is 0 Å². The number of hydrogen-bond acceptors (Lipinski definition) is 6. The lowest BCUT2D eigenvalue weighted by Crippen LogP contribution is -2.32. The van der Waals surface area contributed by atoms with Crippen LogP contribution in [0.1, 0.15) is 40.9 Å². The number of carboxylic acid groups (broad SMARTS) is 1. The van der Waals surface area contributed by atoms with Crippen LogP contribution in [0.15, 0.2) is 60.7 Å². The van der Waals surface area contributed by atoms with Gasteiger partial charge in [-0.1, -0.05) is 29.3 Å². The van der Waals surface area contributed by atoms with Gasteiger partial charge >= 0.3 is 6.09 Å². The Kier molecular flexibility index (Phi) is 9.00. The van der Waals surface area contributed by atoms with Gasteiger partial charge in [-0.05, 0) is 116 Å². The van der Waals surface area contributed by atoms with E-state index in [9.17, 15) is 18.3 Å². The minimum Gasteiger partial charge on any atom is -0.465 e. The van der Waals surface area contributed by atoms with Crippen molar-refractivity contribution in [2.45, 2.75) is 46.5 Å². The molecule has 0 radical (unpaired) electrons. The first-order valence-corrected chi connectivity index (χ1v) is 16.4. The Hall–Kier alpha value is -4.71. The number of aromatic amines is 1. The minimum atomic E-state index is -3.32. The van der Waals surface area contributed by atoms with Crippen molar-refractivity contribution in [2.24, 2.45) is 0 Å². The number of benzene rings is 3. The lowest BCUT2D eigenvalue weighted by molar-refractivity contribution is 0.145. The topological polar surface area (TPSA) is 146 Å². The molecule has 2 aromatic heterocycles. The zero-order valence-electron chi connectivity index (χ0n) is 25.3. The van der Waals surface area contributed by atoms with Gasteiger partial charge in [0.2, 0.25) is 10.0 Å². The van der Waals surface area contributed by atoms with Crippen molar-refractivity contribution >= 4 is 32.7 Å². The van der Waals surface area contributed by atoms with Crippen LogP contribution in [0, 0.1) is 20.8 Å². The molecule has 0 fully saturated rings. The van der Waals surface area contributed by atoms with Crippen LogP contribution in [0.25, 0.3) is 27.8 Å². The van der Waals surface area contributed by atoms with Gasteiger partial charge in [-0.15, -0.1) is 5.10 Å². The van der Waals surface area contributed by atoms with Crippen LogP contribution >= 0.6 is 0 Å². The molecule has 3 aromatic carbocycles. The van der Waals surface area contributed by atoms with Gasteiger partial charge in [0.15, 0.2) is 5.82 Å². The second-order valence-corrected chi connectivity index (χ2v) is 13.0. The number of fused-ring (bicyclic) bond motifs is 1. The van der Waals surface area contributed by atoms with Crippen molar-refractivity contribution in [3.05, 3.63) is 88.7 Å². The molecule has 3 N–H and O–H groups in total. The quantitative estimate of drug-likeness (QED) is 0.154. The average Bonchev–Trinajstić information content (AvgIpc) is 3.54. The summed E-state index contributed by atoms with van der Waals surface area (Å²) in [7, 11) is -3.32. The first-order chi connectivity index (χ1) is 21.0. The molecule has 0 unspecified atom stereocenters. The summed E-state index contributed by atoms with van der Waals surface area (Å²) in [5, 5.41) is 23.0. The Bertz CT molecular complexity index is 1880. The molecule has 0 bridgehead atoms. The Balaban J connectivity index is 1.33. The van der Waals surface area contributed by atoms with Gasteiger partial charge in [-0.3, -0.25) is 4.72 Å². The number of tetrazole rings is 1. The van der Waals surface area contributed by atoms with Crippen molar-refractivity contribution in [3.8, 4) is 16.9 Å². The summed E-state index contributed by atoms with van der Waals surface area (Å²) in [5.74, 6) is 0.675. The molecule has 0 saturated carbocycles. The number of sulfonamides is 1. The summed E-state index contributed by atoms with van der Waals surface area (Å²) in [6, 6.07) is 19.7. The fourth-order valence-electron chi connectivity index (χ4n) is 5.60. The van der Waals surface area contributed by atoms with E-state index in [2.05, 4.69) is 63.3 Å². The van der Waals surface area contributed by atoms with E-state index in [0.717, 1.165) is 69.2 Å². The van der Waals surface area contributed by atoms with Gasteiger partial charge in [0.1, 0.15) is 0 Å². The number of amides is 1. The van der Waals surface area contributed by atoms with Crippen molar-refractivity contribution < 1.29 is 18.3 Å². The highest BCUT2D eigenvalue weighted by Gasteiger charge is 2.19. The fraction of sp³-hybridized carbons (Fsp3) is 0.312. The van der Waals surface area contributed by atoms with Crippen LogP contribution < -0.4 is 4.72 Å². The summed E-state index contributed by atoms with van der Waals surface area (Å²) in [4.78, 5) is 17.3. The molecule has 12 heteroatoms. The molecule has 0 spiro atoms. The molecule has 0 atom stereocenters. The maximum absolute atomic E-state index is 12.3. The predicted molar refractivity (Wildman–Crippen MR) is 172 cm³/mol. The van der Waals surface area contributed by atoms with Crippen LogP contribution in [-0.2, 0) is 22.9 Å². The summed E-state index contributed by atoms with van der Waals surface area (Å²) < 4.78 is 27.0. The number of anilines is 1. The number of rotatable bonds is 12. The summed E-state index contributed by atoms with van der Waals surface area (Å²) >= 11 is 0. The summed E-state index contributed by atoms with van der Waals surface area (Å²) in [6.07, 6.45) is 2.98. The van der Waals surface area contributed by atoms with E-state index in [1.807, 2.05) is 31.2 Å². The fourth-order valence-corrected chi connectivity index (χ4v) is 6.16. The largest absolute Gasteiger partial charge is 0.465 e. The number of aromatic nitrogens is 5. The Morgan fingerprint density at radius 2 is 1.68 bits per heavy atom. The van der Waals surface area contributed by atoms with E-state index in [1.165, 1.54) is 4.90 Å². The van der Waals surface area contributed by atoms with E-state index in [-0.39, 0.29) is 0 Å². The summed E-state index contributed by atoms with van der Waals surface area (Å²) in [6.45, 7) is 6.76. The van der Waals surface area contributed by atoms with Crippen molar-refractivity contribution in [1.82, 2.24) is 30.1 Å². The number of unbranched alkanes of at least 4 members (excludes halogenated alkanes) is 1. The SMILES string of the molecule is Cc1cc(C)cc(-c2[nH]c3ccc(-n4nnnc4C)cc3c2CCN(CCCCc2ccc(NS(C)(=O)=O)cc2)C(=O)O)c1. The Morgan fingerprint density at radius 3 is 2.32 bits per heavy atom. The number of nitrogens with one attached hydrogen (secondary N) is 2. The third-order valence-electron chi connectivity index (χ3n) is 7.57. The van der Waals surface area contributed by atoms with Crippen molar-refractivity contribution in [2.75, 3.05) is 24.1 Å². The van der Waals surface area contributed by atoms with Gasteiger partial charge in [0.25, 0.3) is 0 Å². The summed E-state index contributed by atoms with van der Waals surface area (Å²) in [5.41, 5.74) is 8.79. The second-order valence-electron chi connectivity index (χ2n) is 11.3. The molecular formula is C32H37N7O4S. The molecule has 11 nitrogen and oxygen atoms in total. The van der Waals surface area contributed by atoms with Crippen LogP contribution in [0.2, 0.25) is 0 Å². The first kappa shape index (κ1) is 30.7. The van der Waals surface area contributed by atoms with E-state index < -0.39 is 16.1 Å². The van der Waals surface area contributed by atoms with Crippen LogP contribution in [-0.4, -0.2) is 69.1 Å². The highest BCUT2D eigenvalue weighted by atomic mass is 32.2. The van der Waals surface area contributed by atoms with E-state index >= 15 is 0 Å². The van der Waals surface area contributed by atoms with Gasteiger partial charge < -0.3 is 15.0 Å². The normalized spacial score (nSPS) is 11.6. The van der Waals surface area contributed by atoms with Crippen molar-refractivity contribution in [1.29, 1.82) is 0 Å². The van der Waals surface area contributed by atoms with Gasteiger partial charge in [0.05, 0.1) is 11.9 Å².